The Morgan fingerprint density at radius 2 is 1.81 bits per heavy atom. The van der Waals surface area contributed by atoms with Gasteiger partial charge < -0.3 is 24.6 Å². The van der Waals surface area contributed by atoms with Gasteiger partial charge in [-0.3, -0.25) is 4.79 Å². The monoisotopic (exact) mass is 401 g/mol. The third-order valence-corrected chi connectivity index (χ3v) is 3.49. The average Bonchev–Trinajstić information content (AvgIpc) is 2.57. The number of esters is 1. The van der Waals surface area contributed by atoms with Crippen molar-refractivity contribution in [3.63, 3.8) is 0 Å². The molecule has 150 valence electrons. The molecular formula is C18H24ClNO7. The van der Waals surface area contributed by atoms with E-state index in [-0.39, 0.29) is 24.1 Å². The lowest BCUT2D eigenvalue weighted by molar-refractivity contribution is -0.178. The van der Waals surface area contributed by atoms with Gasteiger partial charge in [0.25, 0.3) is 6.29 Å². The van der Waals surface area contributed by atoms with Crippen molar-refractivity contribution < 1.29 is 33.7 Å². The number of benzene rings is 1. The summed E-state index contributed by atoms with van der Waals surface area (Å²) in [5, 5.41) is 11.9. The Hall–Kier alpha value is -2.48. The lowest BCUT2D eigenvalue weighted by atomic mass is 10.2. The average molecular weight is 402 g/mol. The van der Waals surface area contributed by atoms with Crippen LogP contribution in [0.4, 0.5) is 4.79 Å². The van der Waals surface area contributed by atoms with E-state index in [2.05, 4.69) is 5.32 Å². The van der Waals surface area contributed by atoms with Crippen LogP contribution in [0.25, 0.3) is 0 Å². The van der Waals surface area contributed by atoms with Crippen LogP contribution in [-0.2, 0) is 19.1 Å². The molecular weight excluding hydrogens is 378 g/mol. The first-order valence-electron chi connectivity index (χ1n) is 8.40. The Morgan fingerprint density at radius 1 is 1.15 bits per heavy atom. The molecule has 8 nitrogen and oxygen atoms in total. The quantitative estimate of drug-likeness (QED) is 0.483. The Morgan fingerprint density at radius 3 is 2.33 bits per heavy atom. The second kappa shape index (κ2) is 10.6. The minimum atomic E-state index is -1.35. The van der Waals surface area contributed by atoms with E-state index in [1.807, 2.05) is 0 Å². The SMILES string of the molecule is CC(C)C(=O)O[C@H](OC(=O)NC[C@H](Oc1cccc(Cl)c1)C(=O)O)C(C)C. The van der Waals surface area contributed by atoms with E-state index in [9.17, 15) is 19.5 Å². The van der Waals surface area contributed by atoms with E-state index < -0.39 is 30.4 Å². The van der Waals surface area contributed by atoms with Crippen molar-refractivity contribution in [2.24, 2.45) is 11.8 Å². The number of carbonyl (C=O) groups excluding carboxylic acids is 2. The number of hydrogen-bond donors (Lipinski definition) is 2. The van der Waals surface area contributed by atoms with Gasteiger partial charge in [-0.25, -0.2) is 9.59 Å². The molecule has 0 fully saturated rings. The maximum Gasteiger partial charge on any atom is 0.410 e. The summed E-state index contributed by atoms with van der Waals surface area (Å²) in [5.41, 5.74) is 0. The number of aliphatic carboxylic acids is 1. The maximum absolute atomic E-state index is 11.9. The van der Waals surface area contributed by atoms with Crippen LogP contribution in [0.15, 0.2) is 24.3 Å². The van der Waals surface area contributed by atoms with Gasteiger partial charge in [0.15, 0.2) is 0 Å². The highest BCUT2D eigenvalue weighted by Gasteiger charge is 2.26. The molecule has 0 spiro atoms. The van der Waals surface area contributed by atoms with Crippen LogP contribution in [0.1, 0.15) is 27.7 Å². The van der Waals surface area contributed by atoms with Crippen LogP contribution in [0.2, 0.25) is 5.02 Å². The molecule has 0 saturated heterocycles. The Kier molecular flexibility index (Phi) is 8.87. The fourth-order valence-electron chi connectivity index (χ4n) is 1.75. The summed E-state index contributed by atoms with van der Waals surface area (Å²) in [7, 11) is 0. The third kappa shape index (κ3) is 8.17. The first-order valence-corrected chi connectivity index (χ1v) is 8.78. The molecule has 2 N–H and O–H groups in total. The molecule has 1 aromatic rings. The highest BCUT2D eigenvalue weighted by Crippen LogP contribution is 2.18. The lowest BCUT2D eigenvalue weighted by Gasteiger charge is -2.23. The van der Waals surface area contributed by atoms with Crippen molar-refractivity contribution >= 4 is 29.6 Å². The number of hydrogen-bond acceptors (Lipinski definition) is 6. The van der Waals surface area contributed by atoms with Gasteiger partial charge in [0.2, 0.25) is 6.10 Å². The van der Waals surface area contributed by atoms with Gasteiger partial charge >= 0.3 is 18.0 Å². The van der Waals surface area contributed by atoms with Crippen LogP contribution in [0.3, 0.4) is 0 Å². The number of amides is 1. The third-order valence-electron chi connectivity index (χ3n) is 3.25. The van der Waals surface area contributed by atoms with Crippen molar-refractivity contribution in [3.8, 4) is 5.75 Å². The predicted molar refractivity (Wildman–Crippen MR) is 97.5 cm³/mol. The molecule has 1 rings (SSSR count). The predicted octanol–water partition coefficient (Wildman–Crippen LogP) is 3.08. The maximum atomic E-state index is 11.9. The highest BCUT2D eigenvalue weighted by atomic mass is 35.5. The number of halogens is 1. The van der Waals surface area contributed by atoms with Gasteiger partial charge in [0, 0.05) is 10.9 Å². The molecule has 0 aliphatic heterocycles. The summed E-state index contributed by atoms with van der Waals surface area (Å²) in [4.78, 5) is 35.0. The van der Waals surface area contributed by atoms with E-state index in [0.717, 1.165) is 0 Å². The molecule has 0 aliphatic rings. The highest BCUT2D eigenvalue weighted by molar-refractivity contribution is 6.30. The smallest absolute Gasteiger partial charge is 0.410 e. The fraction of sp³-hybridized carbons (Fsp3) is 0.500. The molecule has 0 bridgehead atoms. The largest absolute Gasteiger partial charge is 0.478 e. The van der Waals surface area contributed by atoms with E-state index in [0.29, 0.717) is 5.02 Å². The summed E-state index contributed by atoms with van der Waals surface area (Å²) in [6, 6.07) is 6.22. The van der Waals surface area contributed by atoms with Crippen LogP contribution in [0, 0.1) is 11.8 Å². The van der Waals surface area contributed by atoms with Crippen molar-refractivity contribution in [3.05, 3.63) is 29.3 Å². The van der Waals surface area contributed by atoms with Gasteiger partial charge in [-0.15, -0.1) is 0 Å². The normalized spacial score (nSPS) is 13.0. The zero-order chi connectivity index (χ0) is 20.6. The van der Waals surface area contributed by atoms with E-state index in [1.165, 1.54) is 6.07 Å². The number of nitrogens with one attached hydrogen (secondary N) is 1. The van der Waals surface area contributed by atoms with E-state index in [4.69, 9.17) is 25.8 Å². The van der Waals surface area contributed by atoms with Gasteiger partial charge in [0.05, 0.1) is 12.5 Å². The summed E-state index contributed by atoms with van der Waals surface area (Å²) >= 11 is 5.83. The molecule has 0 unspecified atom stereocenters. The molecule has 1 aromatic carbocycles. The number of rotatable bonds is 9. The minimum absolute atomic E-state index is 0.246. The molecule has 9 heteroatoms. The second-order valence-corrected chi connectivity index (χ2v) is 6.83. The summed E-state index contributed by atoms with van der Waals surface area (Å²) in [5.74, 6) is -2.19. The summed E-state index contributed by atoms with van der Waals surface area (Å²) < 4.78 is 15.5. The first-order chi connectivity index (χ1) is 12.6. The van der Waals surface area contributed by atoms with E-state index >= 15 is 0 Å². The van der Waals surface area contributed by atoms with Gasteiger partial charge in [0.1, 0.15) is 5.75 Å². The first kappa shape index (κ1) is 22.6. The van der Waals surface area contributed by atoms with Crippen LogP contribution >= 0.6 is 11.6 Å². The summed E-state index contributed by atoms with van der Waals surface area (Å²) in [6.07, 6.45) is -3.37. The fourth-order valence-corrected chi connectivity index (χ4v) is 1.93. The standard InChI is InChI=1S/C18H24ClNO7/c1-10(2)16(23)26-17(11(3)4)27-18(24)20-9-14(15(21)22)25-13-7-5-6-12(19)8-13/h5-8,10-11,14,17H,9H2,1-4H3,(H,20,24)(H,21,22)/t14-,17+/m0/s1. The Balaban J connectivity index is 2.62. The molecule has 0 saturated carbocycles. The van der Waals surface area contributed by atoms with Gasteiger partial charge in [-0.05, 0) is 18.2 Å². The van der Waals surface area contributed by atoms with Crippen LogP contribution in [-0.4, -0.2) is 42.1 Å². The number of carboxylic acid groups (broad SMARTS) is 1. The topological polar surface area (TPSA) is 111 Å². The number of carbonyl (C=O) groups is 3. The number of ether oxygens (including phenoxy) is 3. The molecule has 0 radical (unpaired) electrons. The zero-order valence-electron chi connectivity index (χ0n) is 15.6. The van der Waals surface area contributed by atoms with Crippen LogP contribution in [0.5, 0.6) is 5.75 Å². The summed E-state index contributed by atoms with van der Waals surface area (Å²) in [6.45, 7) is 6.39. The molecule has 0 heterocycles. The van der Waals surface area contributed by atoms with Crippen molar-refractivity contribution in [2.45, 2.75) is 40.1 Å². The molecule has 0 aromatic heterocycles. The molecule has 1 amide bonds. The van der Waals surface area contributed by atoms with Crippen molar-refractivity contribution in [1.29, 1.82) is 0 Å². The molecule has 2 atom stereocenters. The Bertz CT molecular complexity index is 663. The van der Waals surface area contributed by atoms with Gasteiger partial charge in [-0.1, -0.05) is 45.4 Å². The second-order valence-electron chi connectivity index (χ2n) is 6.39. The molecule has 0 aliphatic carbocycles. The lowest BCUT2D eigenvalue weighted by Crippen LogP contribution is -2.42. The molecule has 27 heavy (non-hydrogen) atoms. The number of alkyl carbamates (subject to hydrolysis) is 1. The van der Waals surface area contributed by atoms with E-state index in [1.54, 1.807) is 45.9 Å². The van der Waals surface area contributed by atoms with Crippen molar-refractivity contribution in [1.82, 2.24) is 5.32 Å². The van der Waals surface area contributed by atoms with Crippen molar-refractivity contribution in [2.75, 3.05) is 6.54 Å². The number of carboxylic acids is 1. The Labute approximate surface area is 162 Å². The van der Waals surface area contributed by atoms with Gasteiger partial charge in [-0.2, -0.15) is 0 Å². The van der Waals surface area contributed by atoms with Crippen LogP contribution < -0.4 is 10.1 Å². The minimum Gasteiger partial charge on any atom is -0.478 e. The zero-order valence-corrected chi connectivity index (χ0v) is 16.4.